The van der Waals surface area contributed by atoms with Crippen LogP contribution >= 0.6 is 23.9 Å². The number of H-pyrrole nitrogens is 1. The number of carbonyl (C=O) groups is 3. The summed E-state index contributed by atoms with van der Waals surface area (Å²) in [6.45, 7) is 0. The number of benzene rings is 4. The van der Waals surface area contributed by atoms with Crippen molar-refractivity contribution in [2.75, 3.05) is 20.9 Å². The Kier molecular flexibility index (Phi) is 9.44. The number of nitrogens with zero attached hydrogens (tertiary/aromatic N) is 2. The SMILES string of the molecule is Nc1c(O)c(SNc2ccc(C(=O)O)cc2)cc2cc(SNc3ccc(C(=O)O)cc3)ccc12.Nc1n[nH]c(C(=O)O)n1. The Labute approximate surface area is 251 Å². The number of phenols is 1. The van der Waals surface area contributed by atoms with Crippen LogP contribution in [0.1, 0.15) is 31.3 Å². The third-order valence-electron chi connectivity index (χ3n) is 5.62. The summed E-state index contributed by atoms with van der Waals surface area (Å²) < 4.78 is 6.26. The van der Waals surface area contributed by atoms with E-state index in [1.807, 2.05) is 24.3 Å². The minimum absolute atomic E-state index is 0.0378. The zero-order valence-electron chi connectivity index (χ0n) is 21.8. The van der Waals surface area contributed by atoms with Crippen LogP contribution in [0.15, 0.2) is 82.6 Å². The van der Waals surface area contributed by atoms with Crippen molar-refractivity contribution >= 4 is 75.6 Å². The average Bonchev–Trinajstić information content (AvgIpc) is 3.44. The fourth-order valence-corrected chi connectivity index (χ4v) is 4.93. The molecular formula is C27H23N7O7S2. The van der Waals surface area contributed by atoms with Gasteiger partial charge in [-0.1, -0.05) is 6.07 Å². The number of nitrogen functional groups attached to an aromatic ring is 2. The van der Waals surface area contributed by atoms with Gasteiger partial charge in [-0.15, -0.1) is 5.10 Å². The molecule has 0 atom stereocenters. The summed E-state index contributed by atoms with van der Waals surface area (Å²) in [5.74, 6) is -3.49. The molecule has 43 heavy (non-hydrogen) atoms. The number of aromatic carboxylic acids is 3. The molecule has 220 valence electrons. The van der Waals surface area contributed by atoms with Gasteiger partial charge in [-0.05, 0) is 96.0 Å². The molecular weight excluding hydrogens is 598 g/mol. The summed E-state index contributed by atoms with van der Waals surface area (Å²) in [5.41, 5.74) is 13.3. The van der Waals surface area contributed by atoms with Gasteiger partial charge >= 0.3 is 17.9 Å². The molecule has 0 spiro atoms. The van der Waals surface area contributed by atoms with Crippen molar-refractivity contribution in [3.05, 3.63) is 89.7 Å². The van der Waals surface area contributed by atoms with E-state index in [-0.39, 0.29) is 34.3 Å². The lowest BCUT2D eigenvalue weighted by Crippen LogP contribution is -1.98. The number of rotatable bonds is 9. The lowest BCUT2D eigenvalue weighted by atomic mass is 10.1. The maximum atomic E-state index is 11.0. The Hall–Kier alpha value is -5.61. The second-order valence-corrected chi connectivity index (χ2v) is 10.3. The molecule has 0 bridgehead atoms. The van der Waals surface area contributed by atoms with Gasteiger partial charge in [0.25, 0.3) is 0 Å². The van der Waals surface area contributed by atoms with Gasteiger partial charge in [0.2, 0.25) is 11.8 Å². The highest BCUT2D eigenvalue weighted by atomic mass is 32.2. The fourth-order valence-electron chi connectivity index (χ4n) is 3.48. The van der Waals surface area contributed by atoms with E-state index in [1.54, 1.807) is 24.3 Å². The first kappa shape index (κ1) is 30.4. The van der Waals surface area contributed by atoms with Gasteiger partial charge in [0.15, 0.2) is 5.75 Å². The van der Waals surface area contributed by atoms with Crippen molar-refractivity contribution in [1.82, 2.24) is 15.2 Å². The lowest BCUT2D eigenvalue weighted by molar-refractivity contribution is 0.0677. The molecule has 4 aromatic carbocycles. The first-order valence-electron chi connectivity index (χ1n) is 12.0. The van der Waals surface area contributed by atoms with E-state index in [9.17, 15) is 19.5 Å². The van der Waals surface area contributed by atoms with E-state index >= 15 is 0 Å². The van der Waals surface area contributed by atoms with Crippen molar-refractivity contribution in [2.24, 2.45) is 0 Å². The number of aromatic amines is 1. The first-order valence-corrected chi connectivity index (χ1v) is 13.6. The second-order valence-electron chi connectivity index (χ2n) is 8.54. The normalized spacial score (nSPS) is 10.4. The van der Waals surface area contributed by atoms with E-state index < -0.39 is 17.9 Å². The summed E-state index contributed by atoms with van der Waals surface area (Å²) in [6.07, 6.45) is 0. The number of fused-ring (bicyclic) bond motifs is 1. The zero-order valence-corrected chi connectivity index (χ0v) is 23.4. The van der Waals surface area contributed by atoms with Crippen LogP contribution in [0.25, 0.3) is 10.8 Å². The van der Waals surface area contributed by atoms with Crippen LogP contribution in [0.3, 0.4) is 0 Å². The monoisotopic (exact) mass is 621 g/mol. The predicted octanol–water partition coefficient (Wildman–Crippen LogP) is 4.85. The summed E-state index contributed by atoms with van der Waals surface area (Å²) in [4.78, 5) is 36.7. The molecule has 1 aromatic heterocycles. The van der Waals surface area contributed by atoms with Crippen molar-refractivity contribution in [2.45, 2.75) is 9.79 Å². The lowest BCUT2D eigenvalue weighted by Gasteiger charge is -2.13. The van der Waals surface area contributed by atoms with Crippen LogP contribution in [0.5, 0.6) is 5.75 Å². The van der Waals surface area contributed by atoms with Crippen LogP contribution in [-0.2, 0) is 0 Å². The van der Waals surface area contributed by atoms with Gasteiger partial charge in [-0.3, -0.25) is 5.10 Å². The number of anilines is 4. The van der Waals surface area contributed by atoms with E-state index in [2.05, 4.69) is 24.6 Å². The zero-order chi connectivity index (χ0) is 31.1. The van der Waals surface area contributed by atoms with Gasteiger partial charge < -0.3 is 41.3 Å². The molecule has 1 heterocycles. The molecule has 0 aliphatic heterocycles. The van der Waals surface area contributed by atoms with Crippen molar-refractivity contribution in [3.8, 4) is 5.75 Å². The number of nitrogens with two attached hydrogens (primary N) is 2. The summed E-state index contributed by atoms with van der Waals surface area (Å²) >= 11 is 2.53. The van der Waals surface area contributed by atoms with Crippen LogP contribution in [0, 0.1) is 0 Å². The van der Waals surface area contributed by atoms with Crippen LogP contribution < -0.4 is 20.9 Å². The molecule has 11 N–H and O–H groups in total. The number of carboxylic acid groups (broad SMARTS) is 3. The van der Waals surface area contributed by atoms with Gasteiger partial charge in [-0.25, -0.2) is 14.4 Å². The Balaban J connectivity index is 0.000000403. The molecule has 0 unspecified atom stereocenters. The van der Waals surface area contributed by atoms with E-state index in [1.165, 1.54) is 48.2 Å². The number of nitrogens with one attached hydrogen (secondary N) is 3. The molecule has 14 nitrogen and oxygen atoms in total. The number of carboxylic acids is 3. The summed E-state index contributed by atoms with van der Waals surface area (Å²) in [7, 11) is 0. The largest absolute Gasteiger partial charge is 0.505 e. The molecule has 0 aliphatic carbocycles. The molecule has 0 radical (unpaired) electrons. The second kappa shape index (κ2) is 13.4. The number of aromatic nitrogens is 3. The molecule has 0 saturated carbocycles. The molecule has 0 fully saturated rings. The van der Waals surface area contributed by atoms with Crippen LogP contribution in [-0.4, -0.2) is 53.5 Å². The van der Waals surface area contributed by atoms with Crippen molar-refractivity contribution in [3.63, 3.8) is 0 Å². The maximum Gasteiger partial charge on any atom is 0.373 e. The van der Waals surface area contributed by atoms with Crippen molar-refractivity contribution in [1.29, 1.82) is 0 Å². The van der Waals surface area contributed by atoms with Crippen LogP contribution in [0.4, 0.5) is 23.0 Å². The van der Waals surface area contributed by atoms with E-state index in [0.29, 0.717) is 16.0 Å². The Morgan fingerprint density at radius 2 is 1.30 bits per heavy atom. The summed E-state index contributed by atoms with van der Waals surface area (Å²) in [5, 5.41) is 43.7. The number of phenolic OH excluding ortho intramolecular Hbond substituents is 1. The minimum atomic E-state index is -1.17. The third kappa shape index (κ3) is 7.78. The van der Waals surface area contributed by atoms with Gasteiger partial charge in [-0.2, -0.15) is 4.98 Å². The molecule has 0 amide bonds. The average molecular weight is 622 g/mol. The Morgan fingerprint density at radius 3 is 1.77 bits per heavy atom. The minimum Gasteiger partial charge on any atom is -0.505 e. The van der Waals surface area contributed by atoms with Gasteiger partial charge in [0.05, 0.1) is 21.7 Å². The van der Waals surface area contributed by atoms with E-state index in [0.717, 1.165) is 16.0 Å². The number of hydrogen-bond acceptors (Lipinski definition) is 12. The fraction of sp³-hybridized carbons (Fsp3) is 0. The molecule has 0 saturated heterocycles. The smallest absolute Gasteiger partial charge is 0.373 e. The van der Waals surface area contributed by atoms with E-state index in [4.69, 9.17) is 26.8 Å². The van der Waals surface area contributed by atoms with Gasteiger partial charge in [0.1, 0.15) is 0 Å². The topological polar surface area (TPSA) is 250 Å². The highest BCUT2D eigenvalue weighted by Crippen LogP contribution is 2.40. The Bertz CT molecular complexity index is 1800. The van der Waals surface area contributed by atoms with Crippen LogP contribution in [0.2, 0.25) is 0 Å². The third-order valence-corrected chi connectivity index (χ3v) is 7.32. The highest BCUT2D eigenvalue weighted by molar-refractivity contribution is 8.01. The standard InChI is InChI=1S/C24H19N3O5S2.C3H4N4O2/c25-21-19-10-9-18(33-26-16-5-1-13(2-6-16)23(29)30)11-15(19)12-20(22(21)28)34-27-17-7-3-14(4-8-17)24(31)32;4-3-5-1(2(8)9)6-7-3/h1-12,26-28H,25H2,(H,29,30)(H,31,32);(H,8,9)(H3,4,5,6,7). The maximum absolute atomic E-state index is 11.0. The summed E-state index contributed by atoms with van der Waals surface area (Å²) in [6, 6.07) is 20.1. The molecule has 0 aliphatic rings. The van der Waals surface area contributed by atoms with Crippen molar-refractivity contribution < 1.29 is 34.8 Å². The number of hydrogen-bond donors (Lipinski definition) is 9. The Morgan fingerprint density at radius 1 is 0.744 bits per heavy atom. The van der Waals surface area contributed by atoms with Gasteiger partial charge in [0, 0.05) is 21.7 Å². The quantitative estimate of drug-likeness (QED) is 0.0606. The molecule has 16 heteroatoms. The molecule has 5 aromatic rings. The first-order chi connectivity index (χ1) is 20.5. The molecule has 5 rings (SSSR count). The highest BCUT2D eigenvalue weighted by Gasteiger charge is 2.13. The number of aromatic hydroxyl groups is 1. The predicted molar refractivity (Wildman–Crippen MR) is 164 cm³/mol.